The van der Waals surface area contributed by atoms with Crippen LogP contribution < -0.4 is 11.5 Å². The number of morpholine rings is 1. The molecule has 4 rings (SSSR count). The molecule has 220 valence electrons. The van der Waals surface area contributed by atoms with Crippen LogP contribution in [0.1, 0.15) is 18.4 Å². The first-order valence-corrected chi connectivity index (χ1v) is 15.6. The number of halogens is 1. The summed E-state index contributed by atoms with van der Waals surface area (Å²) in [7, 11) is -3.73. The summed E-state index contributed by atoms with van der Waals surface area (Å²) in [5, 5.41) is 0.235. The monoisotopic (exact) mass is 592 g/mol. The maximum absolute atomic E-state index is 13.4. The summed E-state index contributed by atoms with van der Waals surface area (Å²) >= 11 is 6.44. The molecular formula is C28H41ClN6O4S. The first-order valence-electron chi connectivity index (χ1n) is 13.8. The molecule has 0 spiro atoms. The Labute approximate surface area is 242 Å². The minimum atomic E-state index is -3.73. The third-order valence-corrected chi connectivity index (χ3v) is 10.2. The van der Waals surface area contributed by atoms with Crippen molar-refractivity contribution < 1.29 is 17.9 Å². The van der Waals surface area contributed by atoms with Crippen molar-refractivity contribution in [2.75, 3.05) is 72.1 Å². The number of ether oxygens (including phenoxy) is 1. The Morgan fingerprint density at radius 2 is 1.73 bits per heavy atom. The van der Waals surface area contributed by atoms with Gasteiger partial charge < -0.3 is 21.1 Å². The molecule has 4 N–H and O–H groups in total. The zero-order chi connectivity index (χ0) is 28.7. The SMILES string of the molecule is C=C(N)/C=C(\C=C/N)CN1CCC(C(=O)N2CCN(Cc3cccc(Cl)c3S(=O)(=O)N3CCOCC3)CC2)CC1. The number of hydrogen-bond donors (Lipinski definition) is 2. The standard InChI is InChI=1S/C28H41ClN6O4S/c1-22(31)19-23(5-8-30)20-32-9-6-24(7-10-32)28(36)34-13-11-33(12-14-34)21-25-3-2-4-26(29)27(25)40(37,38)35-15-17-39-18-16-35/h2-5,8,19,24H,1,6-7,9-18,20-21,30-31H2/b8-5-,23-19+. The van der Waals surface area contributed by atoms with Crippen LogP contribution in [0.25, 0.3) is 0 Å². The highest BCUT2D eigenvalue weighted by atomic mass is 35.5. The second-order valence-electron chi connectivity index (χ2n) is 10.5. The number of amides is 1. The van der Waals surface area contributed by atoms with E-state index in [1.807, 2.05) is 23.1 Å². The number of nitrogens with two attached hydrogens (primary N) is 2. The molecule has 12 heteroatoms. The molecule has 0 atom stereocenters. The van der Waals surface area contributed by atoms with E-state index in [4.69, 9.17) is 27.8 Å². The third kappa shape index (κ3) is 7.65. The molecule has 3 heterocycles. The maximum Gasteiger partial charge on any atom is 0.245 e. The normalized spacial score (nSPS) is 21.2. The molecule has 3 fully saturated rings. The van der Waals surface area contributed by atoms with Gasteiger partial charge >= 0.3 is 0 Å². The lowest BCUT2D eigenvalue weighted by molar-refractivity contribution is -0.138. The quantitative estimate of drug-likeness (QED) is 0.414. The van der Waals surface area contributed by atoms with Gasteiger partial charge in [0.05, 0.1) is 18.2 Å². The largest absolute Gasteiger partial charge is 0.405 e. The fourth-order valence-corrected chi connectivity index (χ4v) is 7.77. The van der Waals surface area contributed by atoms with Crippen LogP contribution in [-0.2, 0) is 26.1 Å². The van der Waals surface area contributed by atoms with Gasteiger partial charge in [0.1, 0.15) is 4.90 Å². The van der Waals surface area contributed by atoms with Crippen LogP contribution in [0.5, 0.6) is 0 Å². The Hall–Kier alpha value is -2.41. The Bertz CT molecular complexity index is 1220. The maximum atomic E-state index is 13.4. The number of piperazine rings is 1. The summed E-state index contributed by atoms with van der Waals surface area (Å²) in [4.78, 5) is 20.0. The van der Waals surface area contributed by atoms with E-state index in [0.717, 1.165) is 38.0 Å². The Balaban J connectivity index is 1.30. The van der Waals surface area contributed by atoms with E-state index in [2.05, 4.69) is 16.4 Å². The first kappa shape index (κ1) is 30.5. The Morgan fingerprint density at radius 1 is 1.05 bits per heavy atom. The predicted octanol–water partition coefficient (Wildman–Crippen LogP) is 1.59. The lowest BCUT2D eigenvalue weighted by Gasteiger charge is -2.39. The lowest BCUT2D eigenvalue weighted by Crippen LogP contribution is -2.51. The average molecular weight is 593 g/mol. The second-order valence-corrected chi connectivity index (χ2v) is 12.8. The van der Waals surface area contributed by atoms with E-state index in [9.17, 15) is 13.2 Å². The molecule has 0 saturated carbocycles. The number of benzene rings is 1. The minimum absolute atomic E-state index is 0.0166. The van der Waals surface area contributed by atoms with Gasteiger partial charge in [-0.2, -0.15) is 4.31 Å². The molecule has 1 aromatic carbocycles. The number of carbonyl (C=O) groups excluding carboxylic acids is 1. The molecule has 40 heavy (non-hydrogen) atoms. The highest BCUT2D eigenvalue weighted by molar-refractivity contribution is 7.89. The van der Waals surface area contributed by atoms with Gasteiger partial charge in [0.2, 0.25) is 15.9 Å². The molecule has 3 aliphatic rings. The van der Waals surface area contributed by atoms with Crippen LogP contribution in [0.2, 0.25) is 5.02 Å². The molecule has 10 nitrogen and oxygen atoms in total. The van der Waals surface area contributed by atoms with Crippen molar-refractivity contribution in [1.82, 2.24) is 19.0 Å². The highest BCUT2D eigenvalue weighted by Crippen LogP contribution is 2.30. The van der Waals surface area contributed by atoms with Crippen molar-refractivity contribution in [3.63, 3.8) is 0 Å². The van der Waals surface area contributed by atoms with Gasteiger partial charge in [0.25, 0.3) is 0 Å². The van der Waals surface area contributed by atoms with Crippen molar-refractivity contribution in [3.05, 3.63) is 65.0 Å². The van der Waals surface area contributed by atoms with Crippen molar-refractivity contribution in [3.8, 4) is 0 Å². The van der Waals surface area contributed by atoms with Gasteiger partial charge in [-0.25, -0.2) is 8.42 Å². The zero-order valence-electron chi connectivity index (χ0n) is 23.0. The summed E-state index contributed by atoms with van der Waals surface area (Å²) in [5.41, 5.74) is 13.5. The fourth-order valence-electron chi connectivity index (χ4n) is 5.61. The van der Waals surface area contributed by atoms with Crippen molar-refractivity contribution in [1.29, 1.82) is 0 Å². The molecule has 1 amide bonds. The summed E-state index contributed by atoms with van der Waals surface area (Å²) < 4.78 is 33.7. The van der Waals surface area contributed by atoms with Gasteiger partial charge in [0.15, 0.2) is 0 Å². The summed E-state index contributed by atoms with van der Waals surface area (Å²) in [6.07, 6.45) is 6.78. The van der Waals surface area contributed by atoms with E-state index in [0.29, 0.717) is 70.3 Å². The fraction of sp³-hybridized carbons (Fsp3) is 0.536. The molecule has 3 saturated heterocycles. The van der Waals surface area contributed by atoms with Crippen molar-refractivity contribution in [2.45, 2.75) is 24.3 Å². The number of piperidine rings is 1. The van der Waals surface area contributed by atoms with Gasteiger partial charge in [-0.3, -0.25) is 14.6 Å². The van der Waals surface area contributed by atoms with E-state index < -0.39 is 10.0 Å². The summed E-state index contributed by atoms with van der Waals surface area (Å²) in [6, 6.07) is 5.25. The van der Waals surface area contributed by atoms with Crippen LogP contribution >= 0.6 is 11.6 Å². The average Bonchev–Trinajstić information content (AvgIpc) is 2.94. The van der Waals surface area contributed by atoms with Crippen molar-refractivity contribution in [2.24, 2.45) is 17.4 Å². The third-order valence-electron chi connectivity index (χ3n) is 7.72. The number of nitrogens with zero attached hydrogens (tertiary/aromatic N) is 4. The van der Waals surface area contributed by atoms with Crippen LogP contribution in [0, 0.1) is 5.92 Å². The zero-order valence-corrected chi connectivity index (χ0v) is 24.6. The first-order chi connectivity index (χ1) is 19.2. The number of sulfonamides is 1. The smallest absolute Gasteiger partial charge is 0.245 e. The number of rotatable bonds is 9. The van der Waals surface area contributed by atoms with E-state index >= 15 is 0 Å². The highest BCUT2D eigenvalue weighted by Gasteiger charge is 2.33. The van der Waals surface area contributed by atoms with E-state index in [1.54, 1.807) is 12.1 Å². The summed E-state index contributed by atoms with van der Waals surface area (Å²) in [6.45, 7) is 10.6. The van der Waals surface area contributed by atoms with Crippen molar-refractivity contribution >= 4 is 27.5 Å². The van der Waals surface area contributed by atoms with E-state index in [-0.39, 0.29) is 21.7 Å². The predicted molar refractivity (Wildman–Crippen MR) is 157 cm³/mol. The molecule has 0 aromatic heterocycles. The molecule has 3 aliphatic heterocycles. The number of hydrogen-bond acceptors (Lipinski definition) is 8. The van der Waals surface area contributed by atoms with E-state index in [1.165, 1.54) is 10.5 Å². The number of likely N-dealkylation sites (tertiary alicyclic amines) is 1. The van der Waals surface area contributed by atoms with Gasteiger partial charge in [-0.05, 0) is 61.5 Å². The van der Waals surface area contributed by atoms with Crippen LogP contribution in [-0.4, -0.2) is 105 Å². The number of carbonyl (C=O) groups is 1. The molecule has 0 bridgehead atoms. The lowest BCUT2D eigenvalue weighted by atomic mass is 9.94. The van der Waals surface area contributed by atoms with Gasteiger partial charge in [-0.1, -0.05) is 30.3 Å². The molecule has 0 unspecified atom stereocenters. The topological polar surface area (TPSA) is 125 Å². The minimum Gasteiger partial charge on any atom is -0.405 e. The Kier molecular flexibility index (Phi) is 10.7. The molecule has 1 aromatic rings. The molecule has 0 radical (unpaired) electrons. The van der Waals surface area contributed by atoms with Crippen LogP contribution in [0.3, 0.4) is 0 Å². The second kappa shape index (κ2) is 14.0. The molecular weight excluding hydrogens is 552 g/mol. The summed E-state index contributed by atoms with van der Waals surface area (Å²) in [5.74, 6) is 0.230. The van der Waals surface area contributed by atoms with Crippen LogP contribution in [0.15, 0.2) is 59.3 Å². The van der Waals surface area contributed by atoms with Gasteiger partial charge in [-0.15, -0.1) is 0 Å². The molecule has 0 aliphatic carbocycles. The van der Waals surface area contributed by atoms with Crippen LogP contribution in [0.4, 0.5) is 0 Å². The number of allylic oxidation sites excluding steroid dienone is 1. The van der Waals surface area contributed by atoms with Gasteiger partial charge in [0, 0.05) is 64.0 Å². The Morgan fingerprint density at radius 3 is 2.35 bits per heavy atom.